The van der Waals surface area contributed by atoms with E-state index in [2.05, 4.69) is 20.9 Å². The Bertz CT molecular complexity index is 603. The third-order valence-electron chi connectivity index (χ3n) is 4.60. The summed E-state index contributed by atoms with van der Waals surface area (Å²) < 4.78 is 13.3. The van der Waals surface area contributed by atoms with Crippen molar-refractivity contribution in [2.24, 2.45) is 10.9 Å². The summed E-state index contributed by atoms with van der Waals surface area (Å²) in [7, 11) is 1.70. The quantitative estimate of drug-likeness (QED) is 0.256. The number of carbonyl (C=O) groups is 1. The maximum absolute atomic E-state index is 13.3. The topological polar surface area (TPSA) is 65.5 Å². The molecule has 0 heterocycles. The summed E-state index contributed by atoms with van der Waals surface area (Å²) in [4.78, 5) is 16.2. The number of aliphatic imine (C=N–C) groups is 1. The number of nitrogens with zero attached hydrogens (tertiary/aromatic N) is 1. The van der Waals surface area contributed by atoms with Gasteiger partial charge in [0.05, 0.1) is 0 Å². The zero-order valence-electron chi connectivity index (χ0n) is 15.6. The van der Waals surface area contributed by atoms with Crippen molar-refractivity contribution >= 4 is 35.8 Å². The molecule has 0 aliphatic heterocycles. The van der Waals surface area contributed by atoms with Gasteiger partial charge in [0, 0.05) is 32.6 Å². The van der Waals surface area contributed by atoms with Crippen molar-refractivity contribution in [2.45, 2.75) is 45.6 Å². The number of rotatable bonds is 6. The van der Waals surface area contributed by atoms with Crippen molar-refractivity contribution in [3.8, 4) is 0 Å². The fourth-order valence-electron chi connectivity index (χ4n) is 3.10. The van der Waals surface area contributed by atoms with Crippen LogP contribution in [-0.4, -0.2) is 32.0 Å². The highest BCUT2D eigenvalue weighted by Gasteiger charge is 2.20. The smallest absolute Gasteiger partial charge is 0.223 e. The Morgan fingerprint density at radius 1 is 1.15 bits per heavy atom. The minimum atomic E-state index is -0.194. The highest BCUT2D eigenvalue weighted by atomic mass is 127. The molecule has 0 unspecified atom stereocenters. The summed E-state index contributed by atoms with van der Waals surface area (Å²) in [6.07, 6.45) is 5.60. The Morgan fingerprint density at radius 2 is 1.85 bits per heavy atom. The highest BCUT2D eigenvalue weighted by Crippen LogP contribution is 2.23. The molecule has 0 radical (unpaired) electrons. The van der Waals surface area contributed by atoms with E-state index in [0.29, 0.717) is 31.2 Å². The molecule has 0 bridgehead atoms. The second-order valence-electron chi connectivity index (χ2n) is 6.56. The maximum Gasteiger partial charge on any atom is 0.223 e. The average molecular weight is 476 g/mol. The van der Waals surface area contributed by atoms with E-state index in [4.69, 9.17) is 0 Å². The molecule has 146 valence electrons. The third-order valence-corrected chi connectivity index (χ3v) is 4.60. The van der Waals surface area contributed by atoms with Gasteiger partial charge >= 0.3 is 0 Å². The van der Waals surface area contributed by atoms with E-state index in [1.807, 2.05) is 6.07 Å². The van der Waals surface area contributed by atoms with Crippen LogP contribution in [-0.2, 0) is 11.3 Å². The molecule has 1 aromatic carbocycles. The fraction of sp³-hybridized carbons (Fsp3) is 0.579. The number of carbonyl (C=O) groups excluding carboxylic acids is 1. The molecule has 2 rings (SSSR count). The standard InChI is InChI=1S/C19H29FN4O.HI/c1-14-12-15(8-9-17(14)20)13-24-19(21-2)23-11-10-22-18(25)16-6-4-3-5-7-16;/h8-9,12,16H,3-7,10-11,13H2,1-2H3,(H,22,25)(H2,21,23,24);1H. The molecule has 0 atom stereocenters. The van der Waals surface area contributed by atoms with Gasteiger partial charge in [-0.3, -0.25) is 9.79 Å². The van der Waals surface area contributed by atoms with E-state index >= 15 is 0 Å². The van der Waals surface area contributed by atoms with Crippen LogP contribution < -0.4 is 16.0 Å². The zero-order valence-corrected chi connectivity index (χ0v) is 17.9. The van der Waals surface area contributed by atoms with Gasteiger partial charge in [-0.1, -0.05) is 31.4 Å². The van der Waals surface area contributed by atoms with Crippen molar-refractivity contribution in [3.63, 3.8) is 0 Å². The Hall–Kier alpha value is -1.38. The van der Waals surface area contributed by atoms with E-state index in [9.17, 15) is 9.18 Å². The second-order valence-corrected chi connectivity index (χ2v) is 6.56. The molecule has 1 fully saturated rings. The zero-order chi connectivity index (χ0) is 18.1. The lowest BCUT2D eigenvalue weighted by Crippen LogP contribution is -2.42. The summed E-state index contributed by atoms with van der Waals surface area (Å²) in [5.41, 5.74) is 1.63. The van der Waals surface area contributed by atoms with E-state index in [1.54, 1.807) is 20.0 Å². The van der Waals surface area contributed by atoms with Crippen LogP contribution in [0.2, 0.25) is 0 Å². The van der Waals surface area contributed by atoms with Crippen LogP contribution in [0.5, 0.6) is 0 Å². The molecule has 1 aliphatic carbocycles. The molecule has 1 aromatic rings. The minimum Gasteiger partial charge on any atom is -0.355 e. The summed E-state index contributed by atoms with van der Waals surface area (Å²) in [5, 5.41) is 9.36. The van der Waals surface area contributed by atoms with Gasteiger partial charge in [-0.2, -0.15) is 0 Å². The van der Waals surface area contributed by atoms with Crippen LogP contribution in [0, 0.1) is 18.7 Å². The van der Waals surface area contributed by atoms with Crippen molar-refractivity contribution in [2.75, 3.05) is 20.1 Å². The van der Waals surface area contributed by atoms with Gasteiger partial charge in [-0.15, -0.1) is 24.0 Å². The Kier molecular flexibility index (Phi) is 10.5. The normalized spacial score (nSPS) is 15.1. The molecule has 1 amide bonds. The molecule has 5 nitrogen and oxygen atoms in total. The van der Waals surface area contributed by atoms with Gasteiger partial charge in [-0.25, -0.2) is 4.39 Å². The lowest BCUT2D eigenvalue weighted by molar-refractivity contribution is -0.125. The Labute approximate surface area is 172 Å². The van der Waals surface area contributed by atoms with Crippen molar-refractivity contribution in [3.05, 3.63) is 35.1 Å². The maximum atomic E-state index is 13.3. The average Bonchev–Trinajstić information content (AvgIpc) is 2.64. The van der Waals surface area contributed by atoms with Crippen LogP contribution in [0.25, 0.3) is 0 Å². The molecule has 1 saturated carbocycles. The molecule has 26 heavy (non-hydrogen) atoms. The van der Waals surface area contributed by atoms with Gasteiger partial charge in [-0.05, 0) is 37.0 Å². The first-order chi connectivity index (χ1) is 12.1. The monoisotopic (exact) mass is 476 g/mol. The van der Waals surface area contributed by atoms with Gasteiger partial charge < -0.3 is 16.0 Å². The molecule has 0 aromatic heterocycles. The summed E-state index contributed by atoms with van der Waals surface area (Å²) >= 11 is 0. The number of amides is 1. The molecule has 1 aliphatic rings. The van der Waals surface area contributed by atoms with E-state index in [1.165, 1.54) is 12.5 Å². The summed E-state index contributed by atoms with van der Waals surface area (Å²) in [6.45, 7) is 3.50. The van der Waals surface area contributed by atoms with Crippen molar-refractivity contribution < 1.29 is 9.18 Å². The number of halogens is 2. The van der Waals surface area contributed by atoms with E-state index < -0.39 is 0 Å². The Balaban J connectivity index is 0.00000338. The largest absolute Gasteiger partial charge is 0.355 e. The van der Waals surface area contributed by atoms with Gasteiger partial charge in [0.2, 0.25) is 5.91 Å². The summed E-state index contributed by atoms with van der Waals surface area (Å²) in [5.74, 6) is 0.827. The molecule has 3 N–H and O–H groups in total. The van der Waals surface area contributed by atoms with Crippen LogP contribution in [0.1, 0.15) is 43.2 Å². The fourth-order valence-corrected chi connectivity index (χ4v) is 3.10. The second kappa shape index (κ2) is 12.1. The molecule has 0 spiro atoms. The number of aryl methyl sites for hydroxylation is 1. The number of hydrogen-bond donors (Lipinski definition) is 3. The lowest BCUT2D eigenvalue weighted by atomic mass is 9.89. The first-order valence-electron chi connectivity index (χ1n) is 9.07. The number of hydrogen-bond acceptors (Lipinski definition) is 2. The predicted octanol–water partition coefficient (Wildman–Crippen LogP) is 3.11. The molecular weight excluding hydrogens is 446 g/mol. The van der Waals surface area contributed by atoms with Gasteiger partial charge in [0.15, 0.2) is 5.96 Å². The van der Waals surface area contributed by atoms with Gasteiger partial charge in [0.1, 0.15) is 5.82 Å². The number of benzene rings is 1. The lowest BCUT2D eigenvalue weighted by Gasteiger charge is -2.21. The first-order valence-corrected chi connectivity index (χ1v) is 9.07. The molecule has 7 heteroatoms. The third kappa shape index (κ3) is 7.47. The Morgan fingerprint density at radius 3 is 2.50 bits per heavy atom. The van der Waals surface area contributed by atoms with Crippen molar-refractivity contribution in [1.82, 2.24) is 16.0 Å². The van der Waals surface area contributed by atoms with Crippen LogP contribution in [0.15, 0.2) is 23.2 Å². The first kappa shape index (κ1) is 22.7. The van der Waals surface area contributed by atoms with Gasteiger partial charge in [0.25, 0.3) is 0 Å². The minimum absolute atomic E-state index is 0. The van der Waals surface area contributed by atoms with Crippen LogP contribution in [0.3, 0.4) is 0 Å². The SMILES string of the molecule is CN=C(NCCNC(=O)C1CCCCC1)NCc1ccc(F)c(C)c1.I. The molecule has 0 saturated heterocycles. The molecular formula is C19H30FIN4O. The number of guanidine groups is 1. The highest BCUT2D eigenvalue weighted by molar-refractivity contribution is 14.0. The van der Waals surface area contributed by atoms with Crippen LogP contribution in [0.4, 0.5) is 4.39 Å². The van der Waals surface area contributed by atoms with E-state index in [0.717, 1.165) is 31.2 Å². The van der Waals surface area contributed by atoms with E-state index in [-0.39, 0.29) is 41.6 Å². The predicted molar refractivity (Wildman–Crippen MR) is 114 cm³/mol. The van der Waals surface area contributed by atoms with Crippen LogP contribution >= 0.6 is 24.0 Å². The summed E-state index contributed by atoms with van der Waals surface area (Å²) in [6, 6.07) is 5.05. The number of nitrogens with one attached hydrogen (secondary N) is 3. The van der Waals surface area contributed by atoms with Crippen molar-refractivity contribution in [1.29, 1.82) is 0 Å².